The van der Waals surface area contributed by atoms with Gasteiger partial charge in [-0.05, 0) is 24.0 Å². The van der Waals surface area contributed by atoms with Gasteiger partial charge in [-0.2, -0.15) is 0 Å². The van der Waals surface area contributed by atoms with Crippen molar-refractivity contribution in [3.05, 3.63) is 35.4 Å². The van der Waals surface area contributed by atoms with E-state index in [1.165, 1.54) is 0 Å². The first-order chi connectivity index (χ1) is 9.21. The van der Waals surface area contributed by atoms with E-state index in [9.17, 15) is 4.79 Å². The Morgan fingerprint density at radius 1 is 1.42 bits per heavy atom. The number of carbonyl (C=O) groups is 1. The average Bonchev–Trinajstić information content (AvgIpc) is 2.43. The quantitative estimate of drug-likeness (QED) is 0.747. The van der Waals surface area contributed by atoms with Crippen molar-refractivity contribution in [1.29, 1.82) is 0 Å². The zero-order valence-corrected chi connectivity index (χ0v) is 11.8. The predicted octanol–water partition coefficient (Wildman–Crippen LogP) is 1.48. The van der Waals surface area contributed by atoms with E-state index in [0.717, 1.165) is 17.5 Å². The average molecular weight is 264 g/mol. The van der Waals surface area contributed by atoms with Crippen molar-refractivity contribution < 1.29 is 9.53 Å². The SMILES string of the molecule is CCCNC(=O)C(CN)Cc1cccc(COC)c1. The maximum absolute atomic E-state index is 11.9. The lowest BCUT2D eigenvalue weighted by Crippen LogP contribution is -2.36. The van der Waals surface area contributed by atoms with Crippen LogP contribution in [0, 0.1) is 5.92 Å². The second-order valence-corrected chi connectivity index (χ2v) is 4.68. The molecule has 0 aliphatic rings. The molecule has 1 unspecified atom stereocenters. The van der Waals surface area contributed by atoms with Gasteiger partial charge in [-0.3, -0.25) is 4.79 Å². The van der Waals surface area contributed by atoms with E-state index < -0.39 is 0 Å². The number of rotatable bonds is 8. The van der Waals surface area contributed by atoms with Crippen LogP contribution in [0.2, 0.25) is 0 Å². The van der Waals surface area contributed by atoms with Gasteiger partial charge in [0.1, 0.15) is 0 Å². The van der Waals surface area contributed by atoms with Crippen LogP contribution in [0.3, 0.4) is 0 Å². The maximum atomic E-state index is 11.9. The van der Waals surface area contributed by atoms with Crippen LogP contribution in [0.25, 0.3) is 0 Å². The first-order valence-corrected chi connectivity index (χ1v) is 6.75. The maximum Gasteiger partial charge on any atom is 0.224 e. The van der Waals surface area contributed by atoms with Crippen molar-refractivity contribution in [3.8, 4) is 0 Å². The largest absolute Gasteiger partial charge is 0.380 e. The molecular formula is C15H24N2O2. The Morgan fingerprint density at radius 3 is 2.79 bits per heavy atom. The standard InChI is InChI=1S/C15H24N2O2/c1-3-7-17-15(18)14(10-16)9-12-5-4-6-13(8-12)11-19-2/h4-6,8,14H,3,7,9-11,16H2,1-2H3,(H,17,18). The number of benzene rings is 1. The number of hydrogen-bond acceptors (Lipinski definition) is 3. The Labute approximate surface area is 115 Å². The number of amides is 1. The van der Waals surface area contributed by atoms with Crippen LogP contribution >= 0.6 is 0 Å². The molecule has 1 aromatic rings. The molecule has 0 spiro atoms. The number of ether oxygens (including phenoxy) is 1. The minimum atomic E-state index is -0.163. The molecule has 0 bridgehead atoms. The van der Waals surface area contributed by atoms with E-state index in [2.05, 4.69) is 11.4 Å². The number of carbonyl (C=O) groups excluding carboxylic acids is 1. The van der Waals surface area contributed by atoms with E-state index in [1.807, 2.05) is 25.1 Å². The van der Waals surface area contributed by atoms with Crippen LogP contribution in [0.1, 0.15) is 24.5 Å². The lowest BCUT2D eigenvalue weighted by molar-refractivity contribution is -0.124. The van der Waals surface area contributed by atoms with E-state index in [0.29, 0.717) is 26.1 Å². The monoisotopic (exact) mass is 264 g/mol. The van der Waals surface area contributed by atoms with Gasteiger partial charge in [-0.15, -0.1) is 0 Å². The van der Waals surface area contributed by atoms with Gasteiger partial charge >= 0.3 is 0 Å². The Balaban J connectivity index is 2.64. The second-order valence-electron chi connectivity index (χ2n) is 4.68. The summed E-state index contributed by atoms with van der Waals surface area (Å²) in [6.45, 7) is 3.69. The van der Waals surface area contributed by atoms with Crippen molar-refractivity contribution in [2.24, 2.45) is 11.7 Å². The highest BCUT2D eigenvalue weighted by Crippen LogP contribution is 2.12. The fourth-order valence-corrected chi connectivity index (χ4v) is 1.97. The zero-order chi connectivity index (χ0) is 14.1. The van der Waals surface area contributed by atoms with Crippen molar-refractivity contribution in [2.45, 2.75) is 26.4 Å². The first-order valence-electron chi connectivity index (χ1n) is 6.75. The molecule has 4 nitrogen and oxygen atoms in total. The molecule has 0 fully saturated rings. The van der Waals surface area contributed by atoms with Gasteiger partial charge in [0.15, 0.2) is 0 Å². The zero-order valence-electron chi connectivity index (χ0n) is 11.8. The normalized spacial score (nSPS) is 12.2. The molecule has 0 saturated carbocycles. The van der Waals surface area contributed by atoms with Crippen LogP contribution in [-0.2, 0) is 22.6 Å². The Bertz CT molecular complexity index is 393. The summed E-state index contributed by atoms with van der Waals surface area (Å²) in [5.74, 6) is -0.120. The van der Waals surface area contributed by atoms with Crippen molar-refractivity contribution in [2.75, 3.05) is 20.2 Å². The van der Waals surface area contributed by atoms with Gasteiger partial charge in [0.2, 0.25) is 5.91 Å². The molecule has 106 valence electrons. The van der Waals surface area contributed by atoms with Gasteiger partial charge in [0, 0.05) is 20.2 Å². The lowest BCUT2D eigenvalue weighted by atomic mass is 9.97. The van der Waals surface area contributed by atoms with Crippen molar-refractivity contribution in [3.63, 3.8) is 0 Å². The first kappa shape index (κ1) is 15.7. The van der Waals surface area contributed by atoms with Crippen molar-refractivity contribution in [1.82, 2.24) is 5.32 Å². The van der Waals surface area contributed by atoms with Crippen LogP contribution in [0.4, 0.5) is 0 Å². The van der Waals surface area contributed by atoms with Gasteiger partial charge in [-0.1, -0.05) is 31.2 Å². The summed E-state index contributed by atoms with van der Waals surface area (Å²) in [7, 11) is 1.67. The van der Waals surface area contributed by atoms with E-state index >= 15 is 0 Å². The molecule has 0 aliphatic carbocycles. The molecule has 1 aromatic carbocycles. The number of nitrogens with two attached hydrogens (primary N) is 1. The van der Waals surface area contributed by atoms with E-state index in [4.69, 9.17) is 10.5 Å². The van der Waals surface area contributed by atoms with Crippen LogP contribution in [0.5, 0.6) is 0 Å². The summed E-state index contributed by atoms with van der Waals surface area (Å²) in [5.41, 5.74) is 7.94. The highest BCUT2D eigenvalue weighted by molar-refractivity contribution is 5.79. The molecule has 0 radical (unpaired) electrons. The van der Waals surface area contributed by atoms with Crippen LogP contribution in [0.15, 0.2) is 24.3 Å². The van der Waals surface area contributed by atoms with Gasteiger partial charge in [0.05, 0.1) is 12.5 Å². The third kappa shape index (κ3) is 5.41. The topological polar surface area (TPSA) is 64.4 Å². The molecular weight excluding hydrogens is 240 g/mol. The summed E-state index contributed by atoms with van der Waals surface area (Å²) >= 11 is 0. The van der Waals surface area contributed by atoms with E-state index in [-0.39, 0.29) is 11.8 Å². The Morgan fingerprint density at radius 2 is 2.16 bits per heavy atom. The smallest absolute Gasteiger partial charge is 0.224 e. The molecule has 0 aromatic heterocycles. The Hall–Kier alpha value is -1.39. The second kappa shape index (κ2) is 8.67. The summed E-state index contributed by atoms with van der Waals surface area (Å²) in [5, 5.41) is 2.90. The van der Waals surface area contributed by atoms with E-state index in [1.54, 1.807) is 7.11 Å². The minimum absolute atomic E-state index is 0.0431. The molecule has 0 saturated heterocycles. The third-order valence-electron chi connectivity index (χ3n) is 2.99. The molecule has 0 heterocycles. The van der Waals surface area contributed by atoms with Crippen molar-refractivity contribution >= 4 is 5.91 Å². The van der Waals surface area contributed by atoms with Crippen LogP contribution < -0.4 is 11.1 Å². The molecule has 0 aliphatic heterocycles. The third-order valence-corrected chi connectivity index (χ3v) is 2.99. The van der Waals surface area contributed by atoms with Gasteiger partial charge < -0.3 is 15.8 Å². The molecule has 1 amide bonds. The molecule has 19 heavy (non-hydrogen) atoms. The lowest BCUT2D eigenvalue weighted by Gasteiger charge is -2.15. The molecule has 4 heteroatoms. The number of nitrogens with one attached hydrogen (secondary N) is 1. The predicted molar refractivity (Wildman–Crippen MR) is 76.7 cm³/mol. The fourth-order valence-electron chi connectivity index (χ4n) is 1.97. The highest BCUT2D eigenvalue weighted by atomic mass is 16.5. The number of hydrogen-bond donors (Lipinski definition) is 2. The minimum Gasteiger partial charge on any atom is -0.380 e. The van der Waals surface area contributed by atoms with Crippen LogP contribution in [-0.4, -0.2) is 26.1 Å². The fraction of sp³-hybridized carbons (Fsp3) is 0.533. The van der Waals surface area contributed by atoms with Gasteiger partial charge in [-0.25, -0.2) is 0 Å². The molecule has 1 atom stereocenters. The summed E-state index contributed by atoms with van der Waals surface area (Å²) in [6.07, 6.45) is 1.61. The number of methoxy groups -OCH3 is 1. The summed E-state index contributed by atoms with van der Waals surface area (Å²) in [6, 6.07) is 8.09. The Kier molecular flexibility index (Phi) is 7.15. The molecule has 1 rings (SSSR count). The summed E-state index contributed by atoms with van der Waals surface area (Å²) < 4.78 is 5.11. The molecule has 3 N–H and O–H groups in total. The highest BCUT2D eigenvalue weighted by Gasteiger charge is 2.16. The summed E-state index contributed by atoms with van der Waals surface area (Å²) in [4.78, 5) is 11.9. The van der Waals surface area contributed by atoms with Gasteiger partial charge in [0.25, 0.3) is 0 Å².